The van der Waals surface area contributed by atoms with Crippen LogP contribution >= 0.6 is 0 Å². The van der Waals surface area contributed by atoms with E-state index in [0.29, 0.717) is 51.8 Å². The number of aryl methyl sites for hydroxylation is 1. The molecule has 55 heavy (non-hydrogen) atoms. The van der Waals surface area contributed by atoms with Crippen LogP contribution in [0.15, 0.2) is 47.3 Å². The molecule has 3 atom stereocenters. The van der Waals surface area contributed by atoms with Gasteiger partial charge in [0.15, 0.2) is 11.4 Å². The first-order chi connectivity index (χ1) is 26.3. The van der Waals surface area contributed by atoms with E-state index in [2.05, 4.69) is 10.6 Å². The van der Waals surface area contributed by atoms with Gasteiger partial charge in [-0.05, 0) is 60.9 Å². The number of nitrogens with one attached hydrogen (secondary N) is 2. The highest BCUT2D eigenvalue weighted by molar-refractivity contribution is 5.95. The number of hydrogen-bond donors (Lipinski definition) is 4. The number of aliphatic hydroxyl groups is 1. The van der Waals surface area contributed by atoms with Crippen molar-refractivity contribution >= 4 is 40.3 Å². The van der Waals surface area contributed by atoms with Crippen molar-refractivity contribution < 1.29 is 38.2 Å². The molecule has 2 aliphatic heterocycles. The quantitative estimate of drug-likeness (QED) is 0.130. The number of fused-ring (bicyclic) bond motifs is 5. The van der Waals surface area contributed by atoms with Gasteiger partial charge in [0.25, 0.3) is 5.56 Å². The molecule has 2 aromatic heterocycles. The molecule has 2 amide bonds. The van der Waals surface area contributed by atoms with Gasteiger partial charge in [0.05, 0.1) is 47.6 Å². The Kier molecular flexibility index (Phi) is 10.2. The Labute approximate surface area is 315 Å². The van der Waals surface area contributed by atoms with Crippen LogP contribution in [0.5, 0.6) is 0 Å². The Morgan fingerprint density at radius 1 is 1.05 bits per heavy atom. The topological polar surface area (TPSA) is 200 Å². The fraction of sp³-hybridized carbons (Fsp3) is 0.390. The van der Waals surface area contributed by atoms with E-state index < -0.39 is 46.8 Å². The Hall–Kier alpha value is -5.60. The van der Waals surface area contributed by atoms with E-state index in [-0.39, 0.29) is 80.9 Å². The summed E-state index contributed by atoms with van der Waals surface area (Å²) in [4.78, 5) is 83.1. The fourth-order valence-electron chi connectivity index (χ4n) is 8.09. The summed E-state index contributed by atoms with van der Waals surface area (Å²) in [6, 6.07) is 10.6. The van der Waals surface area contributed by atoms with Crippen molar-refractivity contribution in [2.45, 2.75) is 96.1 Å². The Morgan fingerprint density at radius 2 is 1.80 bits per heavy atom. The SMILES string of the molecule is CC[C@@]1(O)C(=O)OCc2c1cc1n(c2=O)Cc2c-1nc1cc(F)c(C)c3c1c2C(NC(=O)CCC(=O)[C@@H](Cc1ccccc1)NC(=O)CCC(=O)CN)CC3. The fourth-order valence-corrected chi connectivity index (χ4v) is 8.09. The predicted molar refractivity (Wildman–Crippen MR) is 198 cm³/mol. The second-order valence-electron chi connectivity index (χ2n) is 14.5. The molecule has 0 saturated heterocycles. The summed E-state index contributed by atoms with van der Waals surface area (Å²) in [5.41, 5.74) is 7.72. The number of nitrogens with two attached hydrogens (primary N) is 1. The number of pyridine rings is 2. The molecule has 0 fully saturated rings. The number of Topliss-reactive ketones (excluding diaryl/α,β-unsaturated/α-hetero) is 2. The number of carbonyl (C=O) groups excluding carboxylic acids is 5. The van der Waals surface area contributed by atoms with Gasteiger partial charge >= 0.3 is 5.97 Å². The van der Waals surface area contributed by atoms with Gasteiger partial charge in [-0.1, -0.05) is 37.3 Å². The molecular formula is C41H42FN5O8. The molecule has 0 radical (unpaired) electrons. The van der Waals surface area contributed by atoms with Gasteiger partial charge in [0.2, 0.25) is 11.8 Å². The highest BCUT2D eigenvalue weighted by Crippen LogP contribution is 2.46. The third kappa shape index (κ3) is 6.84. The summed E-state index contributed by atoms with van der Waals surface area (Å²) >= 11 is 0. The molecule has 7 rings (SSSR count). The van der Waals surface area contributed by atoms with Gasteiger partial charge in [-0.15, -0.1) is 0 Å². The van der Waals surface area contributed by atoms with Gasteiger partial charge in [0.1, 0.15) is 18.2 Å². The minimum Gasteiger partial charge on any atom is -0.458 e. The number of hydrogen-bond acceptors (Lipinski definition) is 10. The lowest BCUT2D eigenvalue weighted by molar-refractivity contribution is -0.172. The van der Waals surface area contributed by atoms with Crippen LogP contribution in [-0.4, -0.2) is 56.6 Å². The standard InChI is InChI=1S/C41H42FN5O8/c1-3-41(54)27-16-32-38-25(19-47(32)39(52)26(27)20-55-40(41)53)37-29(11-10-24-21(2)28(42)17-31(46-38)36(24)37)44-35(51)14-12-33(49)30(15-22-7-5-4-6-8-22)45-34(50)13-9-23(48)18-43/h4-8,16-17,29-30,54H,3,9-15,18-20,43H2,1-2H3,(H,44,51)(H,45,50)/t29?,30-,41+/m1/s1. The van der Waals surface area contributed by atoms with Crippen LogP contribution in [0.4, 0.5) is 4.39 Å². The molecule has 286 valence electrons. The van der Waals surface area contributed by atoms with Crippen LogP contribution in [0.25, 0.3) is 22.3 Å². The zero-order chi connectivity index (χ0) is 39.2. The molecule has 0 saturated carbocycles. The highest BCUT2D eigenvalue weighted by Gasteiger charge is 2.46. The summed E-state index contributed by atoms with van der Waals surface area (Å²) in [5, 5.41) is 17.8. The van der Waals surface area contributed by atoms with Gasteiger partial charge in [-0.3, -0.25) is 24.0 Å². The third-order valence-corrected chi connectivity index (χ3v) is 11.2. The molecule has 3 aliphatic rings. The number of ether oxygens (including phenoxy) is 1. The molecule has 2 aromatic carbocycles. The molecule has 13 nitrogen and oxygen atoms in total. The van der Waals surface area contributed by atoms with Crippen LogP contribution in [0.1, 0.15) is 90.4 Å². The number of cyclic esters (lactones) is 1. The van der Waals surface area contributed by atoms with Gasteiger partial charge in [-0.25, -0.2) is 14.2 Å². The van der Waals surface area contributed by atoms with Crippen molar-refractivity contribution in [2.24, 2.45) is 5.73 Å². The first kappa shape index (κ1) is 37.7. The summed E-state index contributed by atoms with van der Waals surface area (Å²) in [7, 11) is 0. The lowest BCUT2D eigenvalue weighted by Gasteiger charge is -2.31. The van der Waals surface area contributed by atoms with Crippen LogP contribution in [-0.2, 0) is 60.3 Å². The molecule has 0 bridgehead atoms. The van der Waals surface area contributed by atoms with E-state index in [9.17, 15) is 33.9 Å². The second kappa shape index (κ2) is 14.9. The van der Waals surface area contributed by atoms with Crippen molar-refractivity contribution in [2.75, 3.05) is 6.54 Å². The maximum absolute atomic E-state index is 15.3. The monoisotopic (exact) mass is 751 g/mol. The Balaban J connectivity index is 1.17. The second-order valence-corrected chi connectivity index (χ2v) is 14.5. The molecule has 1 unspecified atom stereocenters. The average molecular weight is 752 g/mol. The van der Waals surface area contributed by atoms with Gasteiger partial charge in [-0.2, -0.15) is 0 Å². The Morgan fingerprint density at radius 3 is 2.53 bits per heavy atom. The van der Waals surface area contributed by atoms with Crippen LogP contribution in [0, 0.1) is 12.7 Å². The predicted octanol–water partition coefficient (Wildman–Crippen LogP) is 3.02. The van der Waals surface area contributed by atoms with E-state index >= 15 is 4.39 Å². The highest BCUT2D eigenvalue weighted by atomic mass is 19.1. The molecule has 0 spiro atoms. The van der Waals surface area contributed by atoms with Crippen molar-refractivity contribution in [1.82, 2.24) is 20.2 Å². The number of halogens is 1. The number of carbonyl (C=O) groups is 5. The summed E-state index contributed by atoms with van der Waals surface area (Å²) in [5.74, 6) is -2.78. The van der Waals surface area contributed by atoms with Gasteiger partial charge in [0, 0.05) is 48.3 Å². The van der Waals surface area contributed by atoms with Crippen molar-refractivity contribution in [3.05, 3.63) is 97.6 Å². The summed E-state index contributed by atoms with van der Waals surface area (Å²) in [6.07, 6.45) is 0.529. The zero-order valence-electron chi connectivity index (χ0n) is 30.6. The van der Waals surface area contributed by atoms with Crippen LogP contribution < -0.4 is 21.9 Å². The first-order valence-electron chi connectivity index (χ1n) is 18.5. The van der Waals surface area contributed by atoms with Crippen LogP contribution in [0.3, 0.4) is 0 Å². The zero-order valence-corrected chi connectivity index (χ0v) is 30.6. The minimum atomic E-state index is -2.02. The molecule has 1 aliphatic carbocycles. The van der Waals surface area contributed by atoms with E-state index in [1.54, 1.807) is 19.9 Å². The lowest BCUT2D eigenvalue weighted by Crippen LogP contribution is -2.44. The van der Waals surface area contributed by atoms with E-state index in [1.165, 1.54) is 10.6 Å². The normalized spacial score (nSPS) is 18.5. The Bertz CT molecular complexity index is 2340. The number of amides is 2. The number of esters is 1. The third-order valence-electron chi connectivity index (χ3n) is 11.2. The maximum atomic E-state index is 15.3. The minimum absolute atomic E-state index is 0.0232. The van der Waals surface area contributed by atoms with Crippen LogP contribution in [0.2, 0.25) is 0 Å². The first-order valence-corrected chi connectivity index (χ1v) is 18.5. The number of ketones is 2. The van der Waals surface area contributed by atoms with Crippen molar-refractivity contribution in [3.8, 4) is 11.4 Å². The number of benzene rings is 2. The molecule has 4 heterocycles. The summed E-state index contributed by atoms with van der Waals surface area (Å²) in [6.45, 7) is 2.93. The smallest absolute Gasteiger partial charge is 0.343 e. The maximum Gasteiger partial charge on any atom is 0.343 e. The number of rotatable bonds is 13. The molecule has 5 N–H and O–H groups in total. The number of aromatic nitrogens is 2. The van der Waals surface area contributed by atoms with Crippen molar-refractivity contribution in [1.29, 1.82) is 0 Å². The lowest BCUT2D eigenvalue weighted by atomic mass is 9.81. The van der Waals surface area contributed by atoms with E-state index in [1.807, 2.05) is 30.3 Å². The number of nitrogens with zero attached hydrogens (tertiary/aromatic N) is 2. The summed E-state index contributed by atoms with van der Waals surface area (Å²) < 4.78 is 22.0. The molecular weight excluding hydrogens is 709 g/mol. The average Bonchev–Trinajstić information content (AvgIpc) is 3.55. The van der Waals surface area contributed by atoms with Gasteiger partial charge < -0.3 is 30.8 Å². The van der Waals surface area contributed by atoms with Crippen molar-refractivity contribution in [3.63, 3.8) is 0 Å². The van der Waals surface area contributed by atoms with E-state index in [0.717, 1.165) is 11.1 Å². The largest absolute Gasteiger partial charge is 0.458 e. The molecule has 4 aromatic rings. The van der Waals surface area contributed by atoms with E-state index in [4.69, 9.17) is 15.5 Å². The molecule has 14 heteroatoms.